The summed E-state index contributed by atoms with van der Waals surface area (Å²) in [6.07, 6.45) is 3.89. The normalized spacial score (nSPS) is 18.2. The van der Waals surface area contributed by atoms with Crippen molar-refractivity contribution in [3.8, 4) is 0 Å². The highest BCUT2D eigenvalue weighted by molar-refractivity contribution is 7.12. The first-order valence-corrected chi connectivity index (χ1v) is 12.0. The first-order valence-electron chi connectivity index (χ1n) is 10.8. The SMILES string of the molecule is NC1CCCCC1N(Cc1cc(NC(=O)c2cccs2)ccc1Cl)C(=O)c1ccccc1. The highest BCUT2D eigenvalue weighted by atomic mass is 35.5. The quantitative estimate of drug-likeness (QED) is 0.497. The number of anilines is 1. The number of halogens is 1. The van der Waals surface area contributed by atoms with E-state index in [1.165, 1.54) is 11.3 Å². The Labute approximate surface area is 197 Å². The third kappa shape index (κ3) is 5.21. The fourth-order valence-electron chi connectivity index (χ4n) is 4.17. The number of nitrogens with zero attached hydrogens (tertiary/aromatic N) is 1. The molecule has 0 spiro atoms. The molecule has 5 nitrogen and oxygen atoms in total. The zero-order valence-electron chi connectivity index (χ0n) is 17.7. The number of amides is 2. The summed E-state index contributed by atoms with van der Waals surface area (Å²) in [5, 5.41) is 5.33. The Morgan fingerprint density at radius 1 is 1.06 bits per heavy atom. The zero-order chi connectivity index (χ0) is 22.5. The molecule has 4 rings (SSSR count). The Balaban J connectivity index is 1.61. The first kappa shape index (κ1) is 22.5. The number of carbonyl (C=O) groups excluding carboxylic acids is 2. The van der Waals surface area contributed by atoms with Crippen molar-refractivity contribution in [1.29, 1.82) is 0 Å². The maximum Gasteiger partial charge on any atom is 0.265 e. The third-order valence-corrected chi connectivity index (χ3v) is 7.09. The van der Waals surface area contributed by atoms with E-state index in [1.807, 2.05) is 52.7 Å². The molecular formula is C25H26ClN3O2S. The van der Waals surface area contributed by atoms with Gasteiger partial charge in [-0.25, -0.2) is 0 Å². The van der Waals surface area contributed by atoms with Crippen LogP contribution in [-0.2, 0) is 6.54 Å². The summed E-state index contributed by atoms with van der Waals surface area (Å²) >= 11 is 7.91. The van der Waals surface area contributed by atoms with Crippen LogP contribution in [0.4, 0.5) is 5.69 Å². The van der Waals surface area contributed by atoms with Crippen LogP contribution in [0.15, 0.2) is 66.0 Å². The minimum absolute atomic E-state index is 0.0583. The molecule has 32 heavy (non-hydrogen) atoms. The fraction of sp³-hybridized carbons (Fsp3) is 0.280. The molecule has 166 valence electrons. The molecule has 1 aromatic heterocycles. The Morgan fingerprint density at radius 2 is 1.84 bits per heavy atom. The molecule has 2 aromatic carbocycles. The third-order valence-electron chi connectivity index (χ3n) is 5.85. The van der Waals surface area contributed by atoms with Crippen LogP contribution in [0.25, 0.3) is 0 Å². The summed E-state index contributed by atoms with van der Waals surface area (Å²) in [6, 6.07) is 18.1. The Bertz CT molecular complexity index is 1070. The lowest BCUT2D eigenvalue weighted by atomic mass is 9.89. The van der Waals surface area contributed by atoms with Crippen LogP contribution in [-0.4, -0.2) is 28.8 Å². The van der Waals surface area contributed by atoms with Gasteiger partial charge in [0, 0.05) is 34.9 Å². The van der Waals surface area contributed by atoms with E-state index in [9.17, 15) is 9.59 Å². The second kappa shape index (κ2) is 10.3. The molecule has 2 amide bonds. The van der Waals surface area contributed by atoms with Crippen LogP contribution in [0.1, 0.15) is 51.3 Å². The Hall–Kier alpha value is -2.67. The van der Waals surface area contributed by atoms with Crippen molar-refractivity contribution in [2.24, 2.45) is 5.73 Å². The lowest BCUT2D eigenvalue weighted by Crippen LogP contribution is -2.51. The van der Waals surface area contributed by atoms with Crippen molar-refractivity contribution < 1.29 is 9.59 Å². The van der Waals surface area contributed by atoms with Gasteiger partial charge < -0.3 is 16.0 Å². The minimum Gasteiger partial charge on any atom is -0.330 e. The summed E-state index contributed by atoms with van der Waals surface area (Å²) in [5.74, 6) is -0.225. The highest BCUT2D eigenvalue weighted by Crippen LogP contribution is 2.29. The maximum absolute atomic E-state index is 13.5. The molecule has 0 aliphatic heterocycles. The average Bonchev–Trinajstić information content (AvgIpc) is 3.35. The van der Waals surface area contributed by atoms with Crippen LogP contribution in [0.5, 0.6) is 0 Å². The van der Waals surface area contributed by atoms with Gasteiger partial charge in [-0.3, -0.25) is 9.59 Å². The second-order valence-electron chi connectivity index (χ2n) is 8.05. The number of hydrogen-bond acceptors (Lipinski definition) is 4. The van der Waals surface area contributed by atoms with Crippen LogP contribution < -0.4 is 11.1 Å². The molecule has 0 bridgehead atoms. The summed E-state index contributed by atoms with van der Waals surface area (Å²) in [6.45, 7) is 0.327. The largest absolute Gasteiger partial charge is 0.330 e. The molecule has 0 saturated heterocycles. The predicted octanol–water partition coefficient (Wildman–Crippen LogP) is 5.57. The molecule has 1 fully saturated rings. The van der Waals surface area contributed by atoms with Crippen LogP contribution in [0.2, 0.25) is 5.02 Å². The van der Waals surface area contributed by atoms with Gasteiger partial charge in [0.2, 0.25) is 0 Å². The molecule has 3 N–H and O–H groups in total. The number of carbonyl (C=O) groups is 2. The van der Waals surface area contributed by atoms with Crippen molar-refractivity contribution in [3.63, 3.8) is 0 Å². The molecular weight excluding hydrogens is 442 g/mol. The van der Waals surface area contributed by atoms with Crippen LogP contribution >= 0.6 is 22.9 Å². The van der Waals surface area contributed by atoms with Gasteiger partial charge in [-0.1, -0.05) is 48.7 Å². The van der Waals surface area contributed by atoms with Gasteiger partial charge in [-0.05, 0) is 60.2 Å². The van der Waals surface area contributed by atoms with Gasteiger partial charge in [0.25, 0.3) is 11.8 Å². The molecule has 1 saturated carbocycles. The van der Waals surface area contributed by atoms with Crippen molar-refractivity contribution in [2.75, 3.05) is 5.32 Å². The molecule has 1 heterocycles. The van der Waals surface area contributed by atoms with E-state index in [2.05, 4.69) is 5.32 Å². The number of nitrogens with two attached hydrogens (primary N) is 1. The smallest absolute Gasteiger partial charge is 0.265 e. The number of rotatable bonds is 6. The average molecular weight is 468 g/mol. The maximum atomic E-state index is 13.5. The first-order chi connectivity index (χ1) is 15.5. The molecule has 7 heteroatoms. The lowest BCUT2D eigenvalue weighted by molar-refractivity contribution is 0.0583. The minimum atomic E-state index is -0.167. The van der Waals surface area contributed by atoms with Crippen molar-refractivity contribution >= 4 is 40.4 Å². The fourth-order valence-corrected chi connectivity index (χ4v) is 4.97. The van der Waals surface area contributed by atoms with Gasteiger partial charge in [-0.15, -0.1) is 11.3 Å². The summed E-state index contributed by atoms with van der Waals surface area (Å²) < 4.78 is 0. The molecule has 2 atom stereocenters. The Kier molecular flexibility index (Phi) is 7.25. The van der Waals surface area contributed by atoms with Gasteiger partial charge in [0.1, 0.15) is 0 Å². The summed E-state index contributed by atoms with van der Waals surface area (Å²) in [4.78, 5) is 28.4. The predicted molar refractivity (Wildman–Crippen MR) is 130 cm³/mol. The number of thiophene rings is 1. The van der Waals surface area contributed by atoms with Crippen molar-refractivity contribution in [2.45, 2.75) is 44.3 Å². The number of hydrogen-bond donors (Lipinski definition) is 2. The van der Waals surface area contributed by atoms with Crippen molar-refractivity contribution in [3.05, 3.63) is 87.1 Å². The molecule has 3 aromatic rings. The van der Waals surface area contributed by atoms with E-state index in [0.29, 0.717) is 27.7 Å². The van der Waals surface area contributed by atoms with Gasteiger partial charge in [0.15, 0.2) is 0 Å². The zero-order valence-corrected chi connectivity index (χ0v) is 19.2. The van der Waals surface area contributed by atoms with Gasteiger partial charge in [-0.2, -0.15) is 0 Å². The monoisotopic (exact) mass is 467 g/mol. The number of benzene rings is 2. The van der Waals surface area contributed by atoms with Gasteiger partial charge in [0.05, 0.1) is 4.88 Å². The van der Waals surface area contributed by atoms with Gasteiger partial charge >= 0.3 is 0 Å². The second-order valence-corrected chi connectivity index (χ2v) is 9.41. The summed E-state index contributed by atoms with van der Waals surface area (Å²) in [7, 11) is 0. The van der Waals surface area contributed by atoms with Crippen molar-refractivity contribution in [1.82, 2.24) is 4.90 Å². The van der Waals surface area contributed by atoms with E-state index in [-0.39, 0.29) is 23.9 Å². The van der Waals surface area contributed by atoms with E-state index in [4.69, 9.17) is 17.3 Å². The molecule has 1 aliphatic rings. The molecule has 1 aliphatic carbocycles. The molecule has 2 unspecified atom stereocenters. The summed E-state index contributed by atoms with van der Waals surface area (Å²) in [5.41, 5.74) is 8.50. The van der Waals surface area contributed by atoms with E-state index >= 15 is 0 Å². The highest BCUT2D eigenvalue weighted by Gasteiger charge is 2.32. The topological polar surface area (TPSA) is 75.4 Å². The lowest BCUT2D eigenvalue weighted by Gasteiger charge is -2.38. The molecule has 0 radical (unpaired) electrons. The van der Waals surface area contributed by atoms with E-state index in [1.54, 1.807) is 18.2 Å². The van der Waals surface area contributed by atoms with Crippen LogP contribution in [0.3, 0.4) is 0 Å². The number of nitrogens with one attached hydrogen (secondary N) is 1. The van der Waals surface area contributed by atoms with Crippen LogP contribution in [0, 0.1) is 0 Å². The Morgan fingerprint density at radius 3 is 2.56 bits per heavy atom. The standard InChI is InChI=1S/C25H26ClN3O2S/c26-20-13-12-19(28-24(30)23-11-6-14-32-23)15-18(20)16-29(22-10-5-4-9-21(22)27)25(31)17-7-2-1-3-8-17/h1-3,6-8,11-15,21-22H,4-5,9-10,16,27H2,(H,28,30). The van der Waals surface area contributed by atoms with E-state index in [0.717, 1.165) is 31.2 Å². The van der Waals surface area contributed by atoms with E-state index < -0.39 is 0 Å².